The lowest BCUT2D eigenvalue weighted by Crippen LogP contribution is -2.20. The van der Waals surface area contributed by atoms with Crippen molar-refractivity contribution in [3.05, 3.63) is 24.3 Å². The Kier molecular flexibility index (Phi) is 2.73. The number of amidine groups is 1. The van der Waals surface area contributed by atoms with Crippen LogP contribution >= 0.6 is 11.8 Å². The molecule has 72 valence electrons. The number of hydrogen-bond donors (Lipinski definition) is 1. The first-order valence-electron chi connectivity index (χ1n) is 4.05. The Morgan fingerprint density at radius 3 is 2.93 bits per heavy atom. The third-order valence-corrected chi connectivity index (χ3v) is 2.52. The monoisotopic (exact) mass is 208 g/mol. The van der Waals surface area contributed by atoms with Crippen LogP contribution in [0.4, 0.5) is 0 Å². The molecule has 1 fully saturated rings. The number of nitrogens with zero attached hydrogens (tertiary/aromatic N) is 3. The van der Waals surface area contributed by atoms with Gasteiger partial charge in [-0.1, -0.05) is 11.8 Å². The molecule has 0 saturated carbocycles. The van der Waals surface area contributed by atoms with Crippen molar-refractivity contribution in [2.24, 2.45) is 4.99 Å². The smallest absolute Gasteiger partial charge is 0.236 e. The van der Waals surface area contributed by atoms with E-state index in [1.54, 1.807) is 12.4 Å². The molecule has 0 unspecified atom stereocenters. The van der Waals surface area contributed by atoms with Gasteiger partial charge in [-0.15, -0.1) is 0 Å². The molecule has 2 heterocycles. The molecule has 1 aliphatic rings. The van der Waals surface area contributed by atoms with Gasteiger partial charge in [-0.2, -0.15) is 0 Å². The molecule has 0 spiro atoms. The van der Waals surface area contributed by atoms with E-state index in [1.165, 1.54) is 18.1 Å². The van der Waals surface area contributed by atoms with Crippen LogP contribution in [0.25, 0.3) is 0 Å². The van der Waals surface area contributed by atoms with Crippen LogP contribution in [-0.2, 0) is 11.3 Å². The number of aliphatic imine (C=N–C) groups is 1. The van der Waals surface area contributed by atoms with Gasteiger partial charge in [0.1, 0.15) is 6.33 Å². The summed E-state index contributed by atoms with van der Waals surface area (Å²) in [5, 5.41) is 3.34. The fourth-order valence-electron chi connectivity index (χ4n) is 0.985. The van der Waals surface area contributed by atoms with Crippen molar-refractivity contribution in [2.75, 3.05) is 5.75 Å². The Morgan fingerprint density at radius 2 is 2.29 bits per heavy atom. The number of hydrogen-bond acceptors (Lipinski definition) is 5. The first-order valence-corrected chi connectivity index (χ1v) is 5.04. The maximum Gasteiger partial charge on any atom is 0.236 e. The summed E-state index contributed by atoms with van der Waals surface area (Å²) in [7, 11) is 0. The zero-order valence-corrected chi connectivity index (χ0v) is 8.12. The van der Waals surface area contributed by atoms with Crippen LogP contribution in [0.3, 0.4) is 0 Å². The number of nitrogens with one attached hydrogen (secondary N) is 1. The van der Waals surface area contributed by atoms with Crippen LogP contribution in [0.5, 0.6) is 0 Å². The molecule has 6 heteroatoms. The lowest BCUT2D eigenvalue weighted by molar-refractivity contribution is -0.116. The normalized spacial score (nSPS) is 18.6. The SMILES string of the molecule is O=C1CSC(=NCc2cncnc2)N1. The average molecular weight is 208 g/mol. The fraction of sp³-hybridized carbons (Fsp3) is 0.250. The lowest BCUT2D eigenvalue weighted by atomic mass is 10.3. The van der Waals surface area contributed by atoms with E-state index in [1.807, 2.05) is 0 Å². The van der Waals surface area contributed by atoms with Gasteiger partial charge in [-0.3, -0.25) is 9.79 Å². The van der Waals surface area contributed by atoms with E-state index in [0.29, 0.717) is 17.5 Å². The number of thioether (sulfide) groups is 1. The van der Waals surface area contributed by atoms with Crippen LogP contribution in [0.1, 0.15) is 5.56 Å². The van der Waals surface area contributed by atoms with Crippen molar-refractivity contribution in [1.29, 1.82) is 0 Å². The molecule has 1 aromatic heterocycles. The molecular formula is C8H8N4OS. The predicted octanol–water partition coefficient (Wildman–Crippen LogP) is 0.196. The van der Waals surface area contributed by atoms with Gasteiger partial charge in [0.05, 0.1) is 12.3 Å². The van der Waals surface area contributed by atoms with Gasteiger partial charge in [0.25, 0.3) is 0 Å². The van der Waals surface area contributed by atoms with Crippen LogP contribution in [0.15, 0.2) is 23.7 Å². The van der Waals surface area contributed by atoms with Gasteiger partial charge >= 0.3 is 0 Å². The molecule has 0 aliphatic carbocycles. The Balaban J connectivity index is 1.97. The van der Waals surface area contributed by atoms with Gasteiger partial charge < -0.3 is 5.32 Å². The van der Waals surface area contributed by atoms with E-state index < -0.39 is 0 Å². The molecule has 2 rings (SSSR count). The lowest BCUT2D eigenvalue weighted by Gasteiger charge is -1.96. The number of aromatic nitrogens is 2. The summed E-state index contributed by atoms with van der Waals surface area (Å²) in [5.74, 6) is 0.475. The van der Waals surface area contributed by atoms with E-state index in [4.69, 9.17) is 0 Å². The van der Waals surface area contributed by atoms with E-state index >= 15 is 0 Å². The second kappa shape index (κ2) is 4.19. The molecule has 0 bridgehead atoms. The summed E-state index contributed by atoms with van der Waals surface area (Å²) in [5.41, 5.74) is 0.932. The minimum absolute atomic E-state index is 0.0121. The third-order valence-electron chi connectivity index (χ3n) is 1.61. The van der Waals surface area contributed by atoms with Crippen molar-refractivity contribution in [3.63, 3.8) is 0 Å². The molecule has 0 radical (unpaired) electrons. The second-order valence-electron chi connectivity index (χ2n) is 2.70. The number of carbonyl (C=O) groups excluding carboxylic acids is 1. The minimum Gasteiger partial charge on any atom is -0.305 e. The number of amides is 1. The standard InChI is InChI=1S/C8H8N4OS/c13-7-4-14-8(12-7)11-3-6-1-9-5-10-2-6/h1-2,5H,3-4H2,(H,11,12,13). The Labute approximate surface area is 85.1 Å². The Bertz CT molecular complexity index is 365. The highest BCUT2D eigenvalue weighted by Gasteiger charge is 2.15. The summed E-state index contributed by atoms with van der Waals surface area (Å²) >= 11 is 1.42. The first kappa shape index (κ1) is 9.14. The molecule has 14 heavy (non-hydrogen) atoms. The van der Waals surface area contributed by atoms with Crippen molar-refractivity contribution in [3.8, 4) is 0 Å². The van der Waals surface area contributed by atoms with Crippen LogP contribution in [0.2, 0.25) is 0 Å². The van der Waals surface area contributed by atoms with E-state index in [0.717, 1.165) is 5.56 Å². The van der Waals surface area contributed by atoms with Crippen LogP contribution < -0.4 is 5.32 Å². The second-order valence-corrected chi connectivity index (χ2v) is 3.67. The van der Waals surface area contributed by atoms with Crippen molar-refractivity contribution in [2.45, 2.75) is 6.54 Å². The topological polar surface area (TPSA) is 67.2 Å². The first-order chi connectivity index (χ1) is 6.84. The van der Waals surface area contributed by atoms with Crippen molar-refractivity contribution >= 4 is 22.8 Å². The van der Waals surface area contributed by atoms with Gasteiger partial charge in [-0.05, 0) is 0 Å². The molecule has 1 amide bonds. The molecule has 1 aliphatic heterocycles. The molecule has 5 nitrogen and oxygen atoms in total. The van der Waals surface area contributed by atoms with Crippen LogP contribution in [-0.4, -0.2) is 26.8 Å². The number of carbonyl (C=O) groups is 1. The quantitative estimate of drug-likeness (QED) is 0.753. The largest absolute Gasteiger partial charge is 0.305 e. The van der Waals surface area contributed by atoms with Gasteiger partial charge in [-0.25, -0.2) is 9.97 Å². The van der Waals surface area contributed by atoms with E-state index in [2.05, 4.69) is 20.3 Å². The highest BCUT2D eigenvalue weighted by atomic mass is 32.2. The third kappa shape index (κ3) is 2.29. The van der Waals surface area contributed by atoms with Gasteiger partial charge in [0.15, 0.2) is 5.17 Å². The molecule has 0 atom stereocenters. The molecule has 0 aromatic carbocycles. The van der Waals surface area contributed by atoms with Gasteiger partial charge in [0, 0.05) is 18.0 Å². The fourth-order valence-corrected chi connectivity index (χ4v) is 1.67. The molecule has 1 aromatic rings. The predicted molar refractivity (Wildman–Crippen MR) is 53.8 cm³/mol. The van der Waals surface area contributed by atoms with E-state index in [-0.39, 0.29) is 5.91 Å². The summed E-state index contributed by atoms with van der Waals surface area (Å²) in [6.07, 6.45) is 4.89. The molecule has 1 N–H and O–H groups in total. The zero-order valence-electron chi connectivity index (χ0n) is 7.30. The van der Waals surface area contributed by atoms with E-state index in [9.17, 15) is 4.79 Å². The summed E-state index contributed by atoms with van der Waals surface area (Å²) in [6, 6.07) is 0. The van der Waals surface area contributed by atoms with Crippen molar-refractivity contribution < 1.29 is 4.79 Å². The van der Waals surface area contributed by atoms with Crippen LogP contribution in [0, 0.1) is 0 Å². The maximum absolute atomic E-state index is 10.8. The van der Waals surface area contributed by atoms with Crippen molar-refractivity contribution in [1.82, 2.24) is 15.3 Å². The highest BCUT2D eigenvalue weighted by molar-refractivity contribution is 8.15. The minimum atomic E-state index is 0.0121. The van der Waals surface area contributed by atoms with Gasteiger partial charge in [0.2, 0.25) is 5.91 Å². The molecular weight excluding hydrogens is 200 g/mol. The zero-order chi connectivity index (χ0) is 9.80. The molecule has 1 saturated heterocycles. The average Bonchev–Trinajstić information content (AvgIpc) is 2.63. The Morgan fingerprint density at radius 1 is 1.50 bits per heavy atom. The Hall–Kier alpha value is -1.43. The maximum atomic E-state index is 10.8. The summed E-state index contributed by atoms with van der Waals surface area (Å²) in [6.45, 7) is 0.503. The summed E-state index contributed by atoms with van der Waals surface area (Å²) < 4.78 is 0. The highest BCUT2D eigenvalue weighted by Crippen LogP contribution is 2.09. The number of rotatable bonds is 2. The summed E-state index contributed by atoms with van der Waals surface area (Å²) in [4.78, 5) is 22.8.